The van der Waals surface area contributed by atoms with E-state index in [0.29, 0.717) is 5.41 Å². The maximum absolute atomic E-state index is 5.38. The van der Waals surface area contributed by atoms with Crippen molar-refractivity contribution >= 4 is 21.8 Å². The topological polar surface area (TPSA) is 14.2 Å². The van der Waals surface area contributed by atoms with Gasteiger partial charge in [0.25, 0.3) is 0 Å². The van der Waals surface area contributed by atoms with E-state index >= 15 is 0 Å². The normalized spacial score (nSPS) is 16.2. The molecular weight excluding hydrogens is 306 g/mol. The molecule has 0 saturated carbocycles. The Kier molecular flexibility index (Phi) is 3.22. The van der Waals surface area contributed by atoms with E-state index in [1.54, 1.807) is 0 Å². The number of aromatic nitrogens is 1. The van der Waals surface area contributed by atoms with Crippen LogP contribution in [0, 0.1) is 5.41 Å². The maximum Gasteiger partial charge on any atom is 0.0545 e. The molecule has 0 atom stereocenters. The Balaban J connectivity index is 1.62. The van der Waals surface area contributed by atoms with E-state index in [9.17, 15) is 0 Å². The average Bonchev–Trinajstić information content (AvgIpc) is 2.96. The van der Waals surface area contributed by atoms with Crippen LogP contribution in [0.3, 0.4) is 0 Å². The fraction of sp³-hybridized carbons (Fsp3) is 0.217. The van der Waals surface area contributed by atoms with E-state index < -0.39 is 0 Å². The molecule has 0 amide bonds. The number of hydrogen-bond acceptors (Lipinski definition) is 1. The molecule has 3 aromatic carbocycles. The zero-order valence-electron chi connectivity index (χ0n) is 14.4. The highest BCUT2D eigenvalue weighted by Crippen LogP contribution is 2.33. The van der Waals surface area contributed by atoms with Crippen LogP contribution in [0.15, 0.2) is 72.8 Å². The molecule has 1 aromatic heterocycles. The molecule has 0 N–H and O–H groups in total. The summed E-state index contributed by atoms with van der Waals surface area (Å²) in [7, 11) is 0. The van der Waals surface area contributed by atoms with Gasteiger partial charge in [-0.05, 0) is 36.2 Å². The largest absolute Gasteiger partial charge is 0.380 e. The van der Waals surface area contributed by atoms with Crippen molar-refractivity contribution in [2.75, 3.05) is 13.2 Å². The van der Waals surface area contributed by atoms with Gasteiger partial charge in [-0.25, -0.2) is 0 Å². The molecular formula is C23H21NO. The fourth-order valence-electron chi connectivity index (χ4n) is 4.01. The second kappa shape index (κ2) is 5.47. The molecule has 124 valence electrons. The smallest absolute Gasteiger partial charge is 0.0545 e. The van der Waals surface area contributed by atoms with Crippen molar-refractivity contribution < 1.29 is 4.74 Å². The first-order valence-electron chi connectivity index (χ1n) is 8.89. The molecule has 1 aliphatic heterocycles. The monoisotopic (exact) mass is 327 g/mol. The molecule has 2 heteroatoms. The lowest BCUT2D eigenvalue weighted by Gasteiger charge is -2.38. The third kappa shape index (κ3) is 2.37. The van der Waals surface area contributed by atoms with Crippen molar-refractivity contribution in [2.24, 2.45) is 5.41 Å². The molecule has 2 nitrogen and oxygen atoms in total. The van der Waals surface area contributed by atoms with Crippen LogP contribution in [-0.2, 0) is 11.2 Å². The molecule has 1 fully saturated rings. The van der Waals surface area contributed by atoms with Crippen LogP contribution in [0.1, 0.15) is 12.5 Å². The van der Waals surface area contributed by atoms with Gasteiger partial charge in [-0.15, -0.1) is 0 Å². The van der Waals surface area contributed by atoms with Crippen LogP contribution in [0.25, 0.3) is 27.5 Å². The third-order valence-electron chi connectivity index (χ3n) is 5.31. The van der Waals surface area contributed by atoms with Crippen LogP contribution in [0.2, 0.25) is 0 Å². The Morgan fingerprint density at radius 1 is 0.800 bits per heavy atom. The quantitative estimate of drug-likeness (QED) is 0.494. The number of para-hydroxylation sites is 2. The van der Waals surface area contributed by atoms with Crippen LogP contribution < -0.4 is 0 Å². The first-order chi connectivity index (χ1) is 12.2. The minimum Gasteiger partial charge on any atom is -0.380 e. The van der Waals surface area contributed by atoms with Gasteiger partial charge in [0, 0.05) is 21.9 Å². The first kappa shape index (κ1) is 14.7. The van der Waals surface area contributed by atoms with Crippen molar-refractivity contribution in [1.82, 2.24) is 4.57 Å². The summed E-state index contributed by atoms with van der Waals surface area (Å²) in [5.41, 5.74) is 5.44. The van der Waals surface area contributed by atoms with E-state index in [2.05, 4.69) is 84.3 Å². The van der Waals surface area contributed by atoms with Gasteiger partial charge in [0.1, 0.15) is 0 Å². The summed E-state index contributed by atoms with van der Waals surface area (Å²) in [6.07, 6.45) is 1.08. The van der Waals surface area contributed by atoms with Gasteiger partial charge in [-0.2, -0.15) is 0 Å². The Morgan fingerprint density at radius 3 is 1.88 bits per heavy atom. The van der Waals surface area contributed by atoms with E-state index in [1.807, 2.05) is 0 Å². The Hall–Kier alpha value is -2.58. The highest BCUT2D eigenvalue weighted by atomic mass is 16.5. The molecule has 0 bridgehead atoms. The third-order valence-corrected chi connectivity index (χ3v) is 5.31. The molecule has 4 aromatic rings. The molecule has 0 radical (unpaired) electrons. The van der Waals surface area contributed by atoms with Gasteiger partial charge in [0.05, 0.1) is 24.2 Å². The maximum atomic E-state index is 5.38. The van der Waals surface area contributed by atoms with Gasteiger partial charge in [-0.3, -0.25) is 0 Å². The van der Waals surface area contributed by atoms with Gasteiger partial charge < -0.3 is 9.30 Å². The van der Waals surface area contributed by atoms with Gasteiger partial charge in [0.2, 0.25) is 0 Å². The SMILES string of the molecule is CC1(Cc2ccc(-n3c4ccccc4c4ccccc43)cc2)COC1. The molecule has 1 saturated heterocycles. The van der Waals surface area contributed by atoms with E-state index in [-0.39, 0.29) is 0 Å². The van der Waals surface area contributed by atoms with Crippen LogP contribution in [0.4, 0.5) is 0 Å². The van der Waals surface area contributed by atoms with Crippen molar-refractivity contribution in [3.8, 4) is 5.69 Å². The number of nitrogens with zero attached hydrogens (tertiary/aromatic N) is 1. The number of benzene rings is 3. The van der Waals surface area contributed by atoms with Crippen molar-refractivity contribution in [1.29, 1.82) is 0 Å². The predicted octanol–water partition coefficient (Wildman–Crippen LogP) is 5.36. The highest BCUT2D eigenvalue weighted by Gasteiger charge is 2.33. The predicted molar refractivity (Wildman–Crippen MR) is 103 cm³/mol. The number of rotatable bonds is 3. The lowest BCUT2D eigenvalue weighted by molar-refractivity contribution is -0.100. The summed E-state index contributed by atoms with van der Waals surface area (Å²) in [4.78, 5) is 0. The first-order valence-corrected chi connectivity index (χ1v) is 8.89. The fourth-order valence-corrected chi connectivity index (χ4v) is 4.01. The van der Waals surface area contributed by atoms with Crippen LogP contribution >= 0.6 is 0 Å². The zero-order valence-corrected chi connectivity index (χ0v) is 14.4. The molecule has 0 spiro atoms. The van der Waals surface area contributed by atoms with E-state index in [0.717, 1.165) is 19.6 Å². The second-order valence-electron chi connectivity index (χ2n) is 7.52. The molecule has 1 aliphatic rings. The summed E-state index contributed by atoms with van der Waals surface area (Å²) in [5, 5.41) is 2.61. The highest BCUT2D eigenvalue weighted by molar-refractivity contribution is 6.09. The van der Waals surface area contributed by atoms with Gasteiger partial charge in [-0.1, -0.05) is 55.5 Å². The number of ether oxygens (including phenoxy) is 1. The van der Waals surface area contributed by atoms with Gasteiger partial charge >= 0.3 is 0 Å². The van der Waals surface area contributed by atoms with Crippen molar-refractivity contribution in [3.63, 3.8) is 0 Å². The lowest BCUT2D eigenvalue weighted by atomic mass is 9.82. The molecule has 5 rings (SSSR count). The summed E-state index contributed by atoms with van der Waals surface area (Å²) < 4.78 is 7.75. The molecule has 0 unspecified atom stereocenters. The Morgan fingerprint density at radius 2 is 1.36 bits per heavy atom. The minimum atomic E-state index is 0.314. The molecule has 25 heavy (non-hydrogen) atoms. The number of fused-ring (bicyclic) bond motifs is 3. The summed E-state index contributed by atoms with van der Waals surface area (Å²) >= 11 is 0. The summed E-state index contributed by atoms with van der Waals surface area (Å²) in [6.45, 7) is 4.06. The Bertz CT molecular complexity index is 1000. The number of hydrogen-bond donors (Lipinski definition) is 0. The average molecular weight is 327 g/mol. The van der Waals surface area contributed by atoms with Crippen molar-refractivity contribution in [3.05, 3.63) is 78.4 Å². The minimum absolute atomic E-state index is 0.314. The van der Waals surface area contributed by atoms with Crippen LogP contribution in [0.5, 0.6) is 0 Å². The molecule has 2 heterocycles. The molecule has 0 aliphatic carbocycles. The van der Waals surface area contributed by atoms with Crippen molar-refractivity contribution in [2.45, 2.75) is 13.3 Å². The van der Waals surface area contributed by atoms with Crippen LogP contribution in [-0.4, -0.2) is 17.8 Å². The van der Waals surface area contributed by atoms with Gasteiger partial charge in [0.15, 0.2) is 0 Å². The van der Waals surface area contributed by atoms with E-state index in [1.165, 1.54) is 33.1 Å². The second-order valence-corrected chi connectivity index (χ2v) is 7.52. The zero-order chi connectivity index (χ0) is 16.9. The van der Waals surface area contributed by atoms with E-state index in [4.69, 9.17) is 4.74 Å². The summed E-state index contributed by atoms with van der Waals surface area (Å²) in [6, 6.07) is 26.3. The standard InChI is InChI=1S/C23H21NO/c1-23(15-25-16-23)14-17-10-12-18(13-11-17)24-21-8-4-2-6-19(21)20-7-3-5-9-22(20)24/h2-13H,14-16H2,1H3. The lowest BCUT2D eigenvalue weighted by Crippen LogP contribution is -2.41. The summed E-state index contributed by atoms with van der Waals surface area (Å²) in [5.74, 6) is 0. The Labute approximate surface area is 147 Å².